The molecule has 0 aliphatic carbocycles. The molecule has 0 heterocycles. The Balaban J connectivity index is 1.90. The number of benzene rings is 4. The van der Waals surface area contributed by atoms with E-state index in [2.05, 4.69) is 66.7 Å². The molecule has 0 unspecified atom stereocenters. The van der Waals surface area contributed by atoms with Crippen molar-refractivity contribution < 1.29 is 9.47 Å². The summed E-state index contributed by atoms with van der Waals surface area (Å²) < 4.78 is 11.5. The van der Waals surface area contributed by atoms with Gasteiger partial charge in [0, 0.05) is 13.2 Å². The van der Waals surface area contributed by atoms with Crippen molar-refractivity contribution in [2.24, 2.45) is 0 Å². The van der Waals surface area contributed by atoms with E-state index in [1.807, 2.05) is 13.8 Å². The lowest BCUT2D eigenvalue weighted by molar-refractivity contribution is -0.0817. The van der Waals surface area contributed by atoms with E-state index in [4.69, 9.17) is 9.47 Å². The van der Waals surface area contributed by atoms with Crippen molar-refractivity contribution in [1.29, 1.82) is 0 Å². The Morgan fingerprint density at radius 2 is 1.12 bits per heavy atom. The van der Waals surface area contributed by atoms with Gasteiger partial charge in [-0.1, -0.05) is 71.9 Å². The van der Waals surface area contributed by atoms with Crippen LogP contribution in [0.25, 0.3) is 32.3 Å². The van der Waals surface area contributed by atoms with Gasteiger partial charge in [-0.05, 0) is 46.2 Å². The fourth-order valence-corrected chi connectivity index (χ4v) is 4.75. The van der Waals surface area contributed by atoms with Crippen LogP contribution in [0.5, 0.6) is 0 Å². The molecule has 0 amide bonds. The van der Waals surface area contributed by atoms with Crippen LogP contribution >= 0.6 is 0 Å². The molecule has 0 spiro atoms. The van der Waals surface area contributed by atoms with Gasteiger partial charge in [0.05, 0.1) is 0 Å². The Morgan fingerprint density at radius 3 is 1.62 bits per heavy atom. The average Bonchev–Trinajstić information content (AvgIpc) is 2.68. The summed E-state index contributed by atoms with van der Waals surface area (Å²) in [4.78, 5) is 0. The summed E-state index contributed by atoms with van der Waals surface area (Å²) in [6.07, 6.45) is 0. The molecule has 0 aliphatic rings. The summed E-state index contributed by atoms with van der Waals surface area (Å²) in [6.45, 7) is 5.35. The quantitative estimate of drug-likeness (QED) is 0.279. The Kier molecular flexibility index (Phi) is 5.02. The highest BCUT2D eigenvalue weighted by molar-refractivity contribution is 6.55. The van der Waals surface area contributed by atoms with Gasteiger partial charge in [-0.15, -0.1) is 0 Å². The highest BCUT2D eigenvalue weighted by Crippen LogP contribution is 2.34. The molecule has 0 N–H and O–H groups in total. The number of ether oxygens (including phenoxy) is 2. The maximum absolute atomic E-state index is 5.75. The van der Waals surface area contributed by atoms with E-state index in [1.165, 1.54) is 37.5 Å². The Labute approximate surface area is 156 Å². The Bertz CT molecular complexity index is 1020. The van der Waals surface area contributed by atoms with E-state index in [-0.39, 0.29) is 5.91 Å². The molecule has 4 rings (SSSR count). The van der Waals surface area contributed by atoms with Crippen LogP contribution in [0.4, 0.5) is 0 Å². The Hall–Kier alpha value is -2.20. The van der Waals surface area contributed by atoms with Crippen LogP contribution < -0.4 is 5.19 Å². The molecule has 4 aromatic carbocycles. The molecule has 0 saturated carbocycles. The van der Waals surface area contributed by atoms with E-state index in [0.717, 1.165) is 0 Å². The summed E-state index contributed by atoms with van der Waals surface area (Å²) in [7, 11) is 0.476. The largest absolute Gasteiger partial charge is 0.357 e. The number of fused-ring (bicyclic) bond motifs is 6. The number of rotatable bonds is 6. The third-order valence-electron chi connectivity index (χ3n) is 4.66. The van der Waals surface area contributed by atoms with Gasteiger partial charge >= 0.3 is 0 Å². The zero-order valence-electron chi connectivity index (χ0n) is 15.2. The summed E-state index contributed by atoms with van der Waals surface area (Å²) in [5.74, 6) is -0.158. The fraction of sp³-hybridized carbons (Fsp3) is 0.217. The standard InChI is InChI=1S/C23H22O2Si/c1-3-24-23(25-4-2)26-16-13-14-21-19-11-6-5-9-17(19)18-10-7-8-12-20(18)22(21)15-16/h5-15,23H,3-4H2,1-2H3. The molecule has 2 radical (unpaired) electrons. The first-order valence-corrected chi connectivity index (χ1v) is 10.2. The first kappa shape index (κ1) is 17.2. The van der Waals surface area contributed by atoms with Gasteiger partial charge in [-0.25, -0.2) is 0 Å². The molecule has 26 heavy (non-hydrogen) atoms. The third kappa shape index (κ3) is 3.14. The second-order valence-electron chi connectivity index (χ2n) is 6.24. The van der Waals surface area contributed by atoms with Gasteiger partial charge in [0.15, 0.2) is 9.52 Å². The minimum Gasteiger partial charge on any atom is -0.357 e. The maximum atomic E-state index is 5.75. The Morgan fingerprint density at radius 1 is 0.654 bits per heavy atom. The van der Waals surface area contributed by atoms with Crippen LogP contribution in [0.15, 0.2) is 66.7 Å². The van der Waals surface area contributed by atoms with Crippen molar-refractivity contribution in [3.63, 3.8) is 0 Å². The SMILES string of the molecule is CCOC(OCC)[Si]c1ccc2c3ccccc3c3ccccc3c2c1. The molecule has 0 saturated heterocycles. The lowest BCUT2D eigenvalue weighted by atomic mass is 9.94. The molecule has 3 heteroatoms. The zero-order chi connectivity index (χ0) is 17.9. The van der Waals surface area contributed by atoms with E-state index < -0.39 is 0 Å². The predicted molar refractivity (Wildman–Crippen MR) is 111 cm³/mol. The van der Waals surface area contributed by atoms with Crippen LogP contribution in [0.3, 0.4) is 0 Å². The molecule has 0 fully saturated rings. The van der Waals surface area contributed by atoms with Gasteiger partial charge in [0.25, 0.3) is 0 Å². The lowest BCUT2D eigenvalue weighted by Crippen LogP contribution is -2.33. The minimum atomic E-state index is -0.158. The van der Waals surface area contributed by atoms with Gasteiger partial charge in [0.1, 0.15) is 5.91 Å². The second kappa shape index (κ2) is 7.58. The summed E-state index contributed by atoms with van der Waals surface area (Å²) in [5, 5.41) is 9.10. The fourth-order valence-electron chi connectivity index (χ4n) is 3.57. The monoisotopic (exact) mass is 358 g/mol. The first-order chi connectivity index (χ1) is 12.8. The van der Waals surface area contributed by atoms with Crippen molar-refractivity contribution in [2.75, 3.05) is 13.2 Å². The van der Waals surface area contributed by atoms with Crippen molar-refractivity contribution in [2.45, 2.75) is 19.8 Å². The van der Waals surface area contributed by atoms with Crippen LogP contribution in [-0.4, -0.2) is 28.6 Å². The molecular weight excluding hydrogens is 336 g/mol. The van der Waals surface area contributed by atoms with Crippen LogP contribution in [0.2, 0.25) is 0 Å². The second-order valence-corrected chi connectivity index (χ2v) is 7.58. The molecule has 130 valence electrons. The molecule has 0 aliphatic heterocycles. The van der Waals surface area contributed by atoms with Crippen molar-refractivity contribution in [1.82, 2.24) is 0 Å². The molecule has 0 aromatic heterocycles. The number of hydrogen-bond donors (Lipinski definition) is 0. The van der Waals surface area contributed by atoms with Crippen molar-refractivity contribution in [3.8, 4) is 0 Å². The first-order valence-electron chi connectivity index (χ1n) is 9.14. The van der Waals surface area contributed by atoms with E-state index >= 15 is 0 Å². The molecule has 0 bridgehead atoms. The average molecular weight is 359 g/mol. The van der Waals surface area contributed by atoms with Crippen molar-refractivity contribution >= 4 is 47.0 Å². The normalized spacial score (nSPS) is 11.8. The summed E-state index contributed by atoms with van der Waals surface area (Å²) >= 11 is 0. The van der Waals surface area contributed by atoms with E-state index in [0.29, 0.717) is 22.7 Å². The smallest absolute Gasteiger partial charge is 0.157 e. The molecule has 2 nitrogen and oxygen atoms in total. The molecular formula is C23H22O2Si. The van der Waals surface area contributed by atoms with Gasteiger partial charge < -0.3 is 9.47 Å². The topological polar surface area (TPSA) is 18.5 Å². The highest BCUT2D eigenvalue weighted by atomic mass is 28.2. The lowest BCUT2D eigenvalue weighted by Gasteiger charge is -2.17. The minimum absolute atomic E-state index is 0.158. The highest BCUT2D eigenvalue weighted by Gasteiger charge is 2.13. The molecule has 0 atom stereocenters. The van der Waals surface area contributed by atoms with E-state index in [1.54, 1.807) is 0 Å². The van der Waals surface area contributed by atoms with Gasteiger partial charge in [-0.3, -0.25) is 0 Å². The summed E-state index contributed by atoms with van der Waals surface area (Å²) in [5.41, 5.74) is 0. The van der Waals surface area contributed by atoms with Gasteiger partial charge in [-0.2, -0.15) is 0 Å². The van der Waals surface area contributed by atoms with Crippen LogP contribution in [0, 0.1) is 0 Å². The third-order valence-corrected chi connectivity index (χ3v) is 5.88. The maximum Gasteiger partial charge on any atom is 0.157 e. The van der Waals surface area contributed by atoms with Crippen LogP contribution in [0.1, 0.15) is 13.8 Å². The van der Waals surface area contributed by atoms with Gasteiger partial charge in [0.2, 0.25) is 0 Å². The zero-order valence-corrected chi connectivity index (χ0v) is 16.2. The van der Waals surface area contributed by atoms with Crippen LogP contribution in [-0.2, 0) is 9.47 Å². The molecule has 4 aromatic rings. The van der Waals surface area contributed by atoms with Crippen molar-refractivity contribution in [3.05, 3.63) is 66.7 Å². The number of hydrogen-bond acceptors (Lipinski definition) is 2. The summed E-state index contributed by atoms with van der Waals surface area (Å²) in [6, 6.07) is 24.1. The van der Waals surface area contributed by atoms with E-state index in [9.17, 15) is 0 Å². The predicted octanol–water partition coefficient (Wildman–Crippen LogP) is 4.83.